The third kappa shape index (κ3) is 14.2. The second kappa shape index (κ2) is 16.7. The maximum absolute atomic E-state index is 5.34. The molecule has 0 bridgehead atoms. The molecule has 10 nitrogen and oxygen atoms in total. The van der Waals surface area contributed by atoms with Gasteiger partial charge in [0.2, 0.25) is 0 Å². The number of aromatic nitrogens is 8. The fourth-order valence-corrected chi connectivity index (χ4v) is 4.67. The first-order valence-corrected chi connectivity index (χ1v) is 16.9. The predicted molar refractivity (Wildman–Crippen MR) is 194 cm³/mol. The van der Waals surface area contributed by atoms with Crippen molar-refractivity contribution in [1.29, 1.82) is 0 Å². The molecule has 1 fully saturated rings. The van der Waals surface area contributed by atoms with E-state index in [1.165, 1.54) is 16.8 Å². The normalized spacial score (nSPS) is 14.4. The van der Waals surface area contributed by atoms with Gasteiger partial charge in [0.15, 0.2) is 0 Å². The molecule has 0 radical (unpaired) electrons. The Morgan fingerprint density at radius 2 is 1.21 bits per heavy atom. The van der Waals surface area contributed by atoms with Crippen LogP contribution in [-0.2, 0) is 54.1 Å². The van der Waals surface area contributed by atoms with Gasteiger partial charge in [-0.1, -0.05) is 83.1 Å². The Balaban J connectivity index is 0.000000226. The molecule has 0 atom stereocenters. The second-order valence-corrected chi connectivity index (χ2v) is 16.6. The van der Waals surface area contributed by atoms with Crippen LogP contribution >= 0.6 is 0 Å². The first-order valence-electron chi connectivity index (χ1n) is 16.9. The average molecular weight is 652 g/mol. The lowest BCUT2D eigenvalue weighted by Crippen LogP contribution is -2.38. The fraction of sp³-hybridized carbons (Fsp3) is 0.676. The monoisotopic (exact) mass is 652 g/mol. The first-order chi connectivity index (χ1) is 21.6. The van der Waals surface area contributed by atoms with Gasteiger partial charge >= 0.3 is 0 Å². The molecule has 0 amide bonds. The van der Waals surface area contributed by atoms with Crippen LogP contribution in [0.2, 0.25) is 0 Å². The van der Waals surface area contributed by atoms with Gasteiger partial charge in [0.05, 0.1) is 37.8 Å². The molecule has 47 heavy (non-hydrogen) atoms. The number of rotatable bonds is 3. The minimum absolute atomic E-state index is 0.182. The SMILES string of the molecule is CC(C)(C)c1cnn(CCN2CCOCC2)c1.Cn1cc(C(C)(C)C)cn1.Cn1ccc(C(C)(C)C)n1.Cn1nccc1C(C)(C)C. The van der Waals surface area contributed by atoms with Crippen LogP contribution in [-0.4, -0.2) is 76.9 Å². The van der Waals surface area contributed by atoms with Crippen molar-refractivity contribution in [2.75, 3.05) is 32.8 Å². The van der Waals surface area contributed by atoms with E-state index >= 15 is 0 Å². The topological polar surface area (TPSA) is 83.8 Å². The summed E-state index contributed by atoms with van der Waals surface area (Å²) in [7, 11) is 5.85. The Morgan fingerprint density at radius 1 is 0.638 bits per heavy atom. The zero-order valence-corrected chi connectivity index (χ0v) is 32.3. The lowest BCUT2D eigenvalue weighted by Gasteiger charge is -2.26. The number of hydrogen-bond acceptors (Lipinski definition) is 6. The van der Waals surface area contributed by atoms with E-state index < -0.39 is 0 Å². The molecular formula is C37H65N9O. The molecule has 0 aromatic carbocycles. The summed E-state index contributed by atoms with van der Waals surface area (Å²) in [6.45, 7) is 32.1. The van der Waals surface area contributed by atoms with Gasteiger partial charge < -0.3 is 4.74 Å². The molecule has 0 saturated carbocycles. The predicted octanol–water partition coefficient (Wildman–Crippen LogP) is 6.67. The molecular weight excluding hydrogens is 586 g/mol. The molecule has 0 spiro atoms. The van der Waals surface area contributed by atoms with Crippen molar-refractivity contribution in [3.05, 3.63) is 71.8 Å². The summed E-state index contributed by atoms with van der Waals surface area (Å²) >= 11 is 0. The highest BCUT2D eigenvalue weighted by molar-refractivity contribution is 5.16. The molecule has 1 saturated heterocycles. The quantitative estimate of drug-likeness (QED) is 0.246. The number of morpholine rings is 1. The Morgan fingerprint density at radius 3 is 1.55 bits per heavy atom. The van der Waals surface area contributed by atoms with Gasteiger partial charge in [-0.3, -0.25) is 23.6 Å². The molecule has 0 unspecified atom stereocenters. The van der Waals surface area contributed by atoms with Crippen LogP contribution in [0, 0.1) is 0 Å². The molecule has 4 aromatic rings. The highest BCUT2D eigenvalue weighted by Gasteiger charge is 2.18. The Hall–Kier alpha value is -3.24. The Bertz CT molecular complexity index is 1390. The van der Waals surface area contributed by atoms with Crippen molar-refractivity contribution in [2.45, 2.75) is 111 Å². The molecule has 0 aliphatic carbocycles. The molecule has 264 valence electrons. The van der Waals surface area contributed by atoms with Gasteiger partial charge in [0.1, 0.15) is 0 Å². The summed E-state index contributed by atoms with van der Waals surface area (Å²) < 4.78 is 13.0. The maximum atomic E-state index is 5.34. The molecule has 10 heteroatoms. The minimum atomic E-state index is 0.182. The van der Waals surface area contributed by atoms with Crippen molar-refractivity contribution in [2.24, 2.45) is 21.1 Å². The number of ether oxygens (including phenoxy) is 1. The van der Waals surface area contributed by atoms with Crippen LogP contribution in [0.1, 0.15) is 106 Å². The summed E-state index contributed by atoms with van der Waals surface area (Å²) in [5, 5.41) is 16.9. The van der Waals surface area contributed by atoms with E-state index in [4.69, 9.17) is 4.74 Å². The third-order valence-corrected chi connectivity index (χ3v) is 7.89. The highest BCUT2D eigenvalue weighted by atomic mass is 16.5. The van der Waals surface area contributed by atoms with Crippen LogP contribution in [0.4, 0.5) is 0 Å². The average Bonchev–Trinajstić information content (AvgIpc) is 3.75. The van der Waals surface area contributed by atoms with E-state index in [1.54, 1.807) is 0 Å². The van der Waals surface area contributed by atoms with Gasteiger partial charge in [-0.05, 0) is 34.1 Å². The summed E-state index contributed by atoms with van der Waals surface area (Å²) in [6, 6.07) is 4.11. The molecule has 1 aliphatic rings. The Labute approximate surface area is 285 Å². The lowest BCUT2D eigenvalue weighted by molar-refractivity contribution is 0.0359. The van der Waals surface area contributed by atoms with Gasteiger partial charge in [-0.15, -0.1) is 0 Å². The third-order valence-electron chi connectivity index (χ3n) is 7.89. The summed E-state index contributed by atoms with van der Waals surface area (Å²) in [4.78, 5) is 2.43. The highest BCUT2D eigenvalue weighted by Crippen LogP contribution is 2.22. The molecule has 5 heterocycles. The first kappa shape index (κ1) is 39.9. The van der Waals surface area contributed by atoms with Crippen molar-refractivity contribution in [3.8, 4) is 0 Å². The Kier molecular flexibility index (Phi) is 14.2. The zero-order chi connectivity index (χ0) is 35.6. The van der Waals surface area contributed by atoms with E-state index in [0.717, 1.165) is 45.1 Å². The van der Waals surface area contributed by atoms with Crippen LogP contribution in [0.15, 0.2) is 49.3 Å². The maximum Gasteiger partial charge on any atom is 0.0677 e. The van der Waals surface area contributed by atoms with E-state index in [-0.39, 0.29) is 21.7 Å². The minimum Gasteiger partial charge on any atom is -0.379 e. The molecule has 4 aromatic heterocycles. The van der Waals surface area contributed by atoms with Crippen molar-refractivity contribution < 1.29 is 4.74 Å². The largest absolute Gasteiger partial charge is 0.379 e. The fourth-order valence-electron chi connectivity index (χ4n) is 4.67. The van der Waals surface area contributed by atoms with Crippen molar-refractivity contribution in [1.82, 2.24) is 44.0 Å². The lowest BCUT2D eigenvalue weighted by atomic mass is 9.90. The standard InChI is InChI=1S/C13H23N3O.3C8H14N2/c1-13(2,3)12-10-14-16(11-12)5-4-15-6-8-17-9-7-15;1-8(2,3)7-5-9-10(4)6-7;1-8(2,3)7-5-6-10(4)9-7;1-8(2,3)7-5-6-9-10(7)4/h10-11H,4-9H2,1-3H3;3*5-6H,1-4H3. The van der Waals surface area contributed by atoms with E-state index in [9.17, 15) is 0 Å². The van der Waals surface area contributed by atoms with Gasteiger partial charge in [0.25, 0.3) is 0 Å². The number of hydrogen-bond donors (Lipinski definition) is 0. The summed E-state index contributed by atoms with van der Waals surface area (Å²) in [5.74, 6) is 0. The van der Waals surface area contributed by atoms with Crippen LogP contribution in [0.3, 0.4) is 0 Å². The van der Waals surface area contributed by atoms with Crippen molar-refractivity contribution >= 4 is 0 Å². The van der Waals surface area contributed by atoms with Gasteiger partial charge in [-0.25, -0.2) is 0 Å². The van der Waals surface area contributed by atoms with Crippen LogP contribution in [0.25, 0.3) is 0 Å². The van der Waals surface area contributed by atoms with Crippen molar-refractivity contribution in [3.63, 3.8) is 0 Å². The van der Waals surface area contributed by atoms with E-state index in [2.05, 4.69) is 138 Å². The van der Waals surface area contributed by atoms with Crippen LogP contribution < -0.4 is 0 Å². The zero-order valence-electron chi connectivity index (χ0n) is 32.3. The van der Waals surface area contributed by atoms with E-state index in [0.29, 0.717) is 0 Å². The number of nitrogens with zero attached hydrogens (tertiary/aromatic N) is 9. The summed E-state index contributed by atoms with van der Waals surface area (Å²) in [6.07, 6.45) is 11.9. The molecule has 1 aliphatic heterocycles. The molecule has 0 N–H and O–H groups in total. The number of aryl methyl sites for hydroxylation is 3. The van der Waals surface area contributed by atoms with E-state index in [1.807, 2.05) is 60.0 Å². The molecule has 5 rings (SSSR count). The van der Waals surface area contributed by atoms with Gasteiger partial charge in [0, 0.05) is 82.1 Å². The summed E-state index contributed by atoms with van der Waals surface area (Å²) in [5.41, 5.74) is 5.83. The second-order valence-electron chi connectivity index (χ2n) is 16.6. The smallest absolute Gasteiger partial charge is 0.0677 e. The van der Waals surface area contributed by atoms with Gasteiger partial charge in [-0.2, -0.15) is 20.4 Å². The van der Waals surface area contributed by atoms with Crippen LogP contribution in [0.5, 0.6) is 0 Å².